The highest BCUT2D eigenvalue weighted by molar-refractivity contribution is 6.06. The fourth-order valence-corrected chi connectivity index (χ4v) is 1.73. The van der Waals surface area contributed by atoms with Gasteiger partial charge in [0, 0.05) is 37.5 Å². The molecule has 1 aromatic carbocycles. The van der Waals surface area contributed by atoms with Gasteiger partial charge < -0.3 is 10.1 Å². The topological polar surface area (TPSA) is 47.2 Å². The average molecular weight is 268 g/mol. The van der Waals surface area contributed by atoms with Gasteiger partial charge in [-0.3, -0.25) is 4.79 Å². The van der Waals surface area contributed by atoms with Gasteiger partial charge in [0.1, 0.15) is 0 Å². The first-order chi connectivity index (χ1) is 9.56. The summed E-state index contributed by atoms with van der Waals surface area (Å²) in [6.07, 6.45) is 5.90. The minimum atomic E-state index is -0.123. The van der Waals surface area contributed by atoms with E-state index >= 15 is 0 Å². The SMILES string of the molecule is CN(C)c1ccc(/C=C\C(=O)c2cc[n+]([O-])cc2)cc1. The van der Waals surface area contributed by atoms with E-state index in [0.717, 1.165) is 11.3 Å². The van der Waals surface area contributed by atoms with E-state index in [9.17, 15) is 10.0 Å². The van der Waals surface area contributed by atoms with E-state index in [4.69, 9.17) is 0 Å². The van der Waals surface area contributed by atoms with Crippen molar-refractivity contribution in [3.05, 3.63) is 71.2 Å². The molecule has 0 unspecified atom stereocenters. The first-order valence-corrected chi connectivity index (χ1v) is 6.25. The molecule has 0 aliphatic heterocycles. The molecule has 0 aliphatic rings. The minimum absolute atomic E-state index is 0.123. The standard InChI is InChI=1S/C16H16N2O2/c1-17(2)15-6-3-13(4-7-15)5-8-16(19)14-9-11-18(20)12-10-14/h3-12H,1-2H3/b8-5-. The maximum absolute atomic E-state index is 11.9. The zero-order chi connectivity index (χ0) is 14.5. The summed E-state index contributed by atoms with van der Waals surface area (Å²) in [6.45, 7) is 0. The van der Waals surface area contributed by atoms with Crippen molar-refractivity contribution in [3.63, 3.8) is 0 Å². The number of ketones is 1. The highest BCUT2D eigenvalue weighted by Gasteiger charge is 2.02. The Balaban J connectivity index is 2.08. The van der Waals surface area contributed by atoms with Crippen LogP contribution in [0.1, 0.15) is 15.9 Å². The predicted molar refractivity (Wildman–Crippen MR) is 79.5 cm³/mol. The summed E-state index contributed by atoms with van der Waals surface area (Å²) in [6, 6.07) is 10.9. The van der Waals surface area contributed by atoms with Crippen molar-refractivity contribution in [2.45, 2.75) is 0 Å². The van der Waals surface area contributed by atoms with E-state index in [1.807, 2.05) is 43.3 Å². The number of aromatic nitrogens is 1. The van der Waals surface area contributed by atoms with Gasteiger partial charge in [0.05, 0.1) is 0 Å². The lowest BCUT2D eigenvalue weighted by molar-refractivity contribution is -0.605. The van der Waals surface area contributed by atoms with Crippen LogP contribution in [-0.4, -0.2) is 19.9 Å². The van der Waals surface area contributed by atoms with Crippen LogP contribution in [0.4, 0.5) is 5.69 Å². The van der Waals surface area contributed by atoms with Crippen molar-refractivity contribution in [1.29, 1.82) is 0 Å². The molecule has 1 heterocycles. The number of hydrogen-bond acceptors (Lipinski definition) is 3. The van der Waals surface area contributed by atoms with Crippen molar-refractivity contribution in [2.24, 2.45) is 0 Å². The van der Waals surface area contributed by atoms with Gasteiger partial charge in [-0.15, -0.1) is 0 Å². The van der Waals surface area contributed by atoms with Gasteiger partial charge in [0.25, 0.3) is 0 Å². The van der Waals surface area contributed by atoms with Gasteiger partial charge in [-0.1, -0.05) is 18.2 Å². The van der Waals surface area contributed by atoms with Crippen molar-refractivity contribution < 1.29 is 9.52 Å². The number of benzene rings is 1. The Labute approximate surface area is 118 Å². The maximum atomic E-state index is 11.9. The first kappa shape index (κ1) is 13.8. The third-order valence-corrected chi connectivity index (χ3v) is 2.92. The third-order valence-electron chi connectivity index (χ3n) is 2.92. The molecule has 0 saturated heterocycles. The van der Waals surface area contributed by atoms with E-state index in [-0.39, 0.29) is 5.78 Å². The summed E-state index contributed by atoms with van der Waals surface area (Å²) in [4.78, 5) is 13.9. The Morgan fingerprint density at radius 2 is 1.70 bits per heavy atom. The van der Waals surface area contributed by atoms with Crippen LogP contribution < -0.4 is 9.63 Å². The normalized spacial score (nSPS) is 10.7. The summed E-state index contributed by atoms with van der Waals surface area (Å²) in [5.74, 6) is -0.123. The molecule has 0 atom stereocenters. The summed E-state index contributed by atoms with van der Waals surface area (Å²) in [5.41, 5.74) is 2.56. The number of carbonyl (C=O) groups excluding carboxylic acids is 1. The van der Waals surface area contributed by atoms with Crippen LogP contribution in [0.15, 0.2) is 54.9 Å². The number of pyridine rings is 1. The molecule has 0 spiro atoms. The van der Waals surface area contributed by atoms with Gasteiger partial charge in [0.2, 0.25) is 0 Å². The number of nitrogens with zero attached hydrogens (tertiary/aromatic N) is 2. The Morgan fingerprint density at radius 1 is 1.10 bits per heavy atom. The summed E-state index contributed by atoms with van der Waals surface area (Å²) < 4.78 is 0.653. The fraction of sp³-hybridized carbons (Fsp3) is 0.125. The van der Waals surface area contributed by atoms with Crippen LogP contribution >= 0.6 is 0 Å². The monoisotopic (exact) mass is 268 g/mol. The molecule has 0 N–H and O–H groups in total. The van der Waals surface area contributed by atoms with Crippen molar-refractivity contribution >= 4 is 17.5 Å². The molecule has 0 saturated carbocycles. The largest absolute Gasteiger partial charge is 0.619 e. The van der Waals surface area contributed by atoms with Crippen LogP contribution in [0.3, 0.4) is 0 Å². The van der Waals surface area contributed by atoms with Crippen LogP contribution in [-0.2, 0) is 0 Å². The molecule has 0 radical (unpaired) electrons. The fourth-order valence-electron chi connectivity index (χ4n) is 1.73. The molecule has 0 fully saturated rings. The van der Waals surface area contributed by atoms with Crippen molar-refractivity contribution in [2.75, 3.05) is 19.0 Å². The molecule has 1 aromatic heterocycles. The third kappa shape index (κ3) is 3.45. The Morgan fingerprint density at radius 3 is 2.25 bits per heavy atom. The number of anilines is 1. The number of rotatable bonds is 4. The molecular weight excluding hydrogens is 252 g/mol. The van der Waals surface area contributed by atoms with Crippen LogP contribution in [0.2, 0.25) is 0 Å². The molecule has 102 valence electrons. The second-order valence-corrected chi connectivity index (χ2v) is 4.63. The zero-order valence-corrected chi connectivity index (χ0v) is 11.5. The van der Waals surface area contributed by atoms with Gasteiger partial charge in [0.15, 0.2) is 18.2 Å². The average Bonchev–Trinajstić information content (AvgIpc) is 2.46. The van der Waals surface area contributed by atoms with Crippen LogP contribution in [0.5, 0.6) is 0 Å². The van der Waals surface area contributed by atoms with Crippen molar-refractivity contribution in [3.8, 4) is 0 Å². The molecule has 0 bridgehead atoms. The second kappa shape index (κ2) is 6.02. The summed E-state index contributed by atoms with van der Waals surface area (Å²) in [5, 5.41) is 10.9. The van der Waals surface area contributed by atoms with Gasteiger partial charge in [-0.25, -0.2) is 0 Å². The summed E-state index contributed by atoms with van der Waals surface area (Å²) in [7, 11) is 3.96. The molecule has 0 aliphatic carbocycles. The predicted octanol–water partition coefficient (Wildman–Crippen LogP) is 2.28. The first-order valence-electron chi connectivity index (χ1n) is 6.25. The Hall–Kier alpha value is -2.62. The molecule has 4 nitrogen and oxygen atoms in total. The highest BCUT2D eigenvalue weighted by Crippen LogP contribution is 2.13. The lowest BCUT2D eigenvalue weighted by Crippen LogP contribution is -2.24. The molecule has 2 rings (SSSR count). The van der Waals surface area contributed by atoms with Crippen LogP contribution in [0, 0.1) is 5.21 Å². The quantitative estimate of drug-likeness (QED) is 0.370. The highest BCUT2D eigenvalue weighted by atomic mass is 16.5. The van der Waals surface area contributed by atoms with E-state index in [0.29, 0.717) is 10.3 Å². The van der Waals surface area contributed by atoms with E-state index in [1.54, 1.807) is 6.08 Å². The maximum Gasteiger partial charge on any atom is 0.186 e. The Kier molecular flexibility index (Phi) is 4.15. The van der Waals surface area contributed by atoms with E-state index in [2.05, 4.69) is 0 Å². The van der Waals surface area contributed by atoms with Crippen molar-refractivity contribution in [1.82, 2.24) is 0 Å². The minimum Gasteiger partial charge on any atom is -0.619 e. The van der Waals surface area contributed by atoms with Gasteiger partial charge in [-0.2, -0.15) is 4.73 Å². The molecule has 4 heteroatoms. The number of hydrogen-bond donors (Lipinski definition) is 0. The second-order valence-electron chi connectivity index (χ2n) is 4.63. The van der Waals surface area contributed by atoms with E-state index < -0.39 is 0 Å². The van der Waals surface area contributed by atoms with E-state index in [1.165, 1.54) is 30.6 Å². The molecule has 2 aromatic rings. The van der Waals surface area contributed by atoms with Gasteiger partial charge >= 0.3 is 0 Å². The van der Waals surface area contributed by atoms with Crippen LogP contribution in [0.25, 0.3) is 6.08 Å². The number of allylic oxidation sites excluding steroid dienone is 1. The number of carbonyl (C=O) groups is 1. The molecular formula is C16H16N2O2. The smallest absolute Gasteiger partial charge is 0.186 e. The molecule has 20 heavy (non-hydrogen) atoms. The molecule has 0 amide bonds. The lowest BCUT2D eigenvalue weighted by atomic mass is 10.1. The Bertz CT molecular complexity index is 614. The lowest BCUT2D eigenvalue weighted by Gasteiger charge is -2.11. The summed E-state index contributed by atoms with van der Waals surface area (Å²) >= 11 is 0. The zero-order valence-electron chi connectivity index (χ0n) is 11.5. The van der Waals surface area contributed by atoms with Gasteiger partial charge in [-0.05, 0) is 23.8 Å².